The third-order valence-corrected chi connectivity index (χ3v) is 3.31. The molecule has 0 spiro atoms. The predicted molar refractivity (Wildman–Crippen MR) is 63.1 cm³/mol. The van der Waals surface area contributed by atoms with Crippen LogP contribution in [0.25, 0.3) is 11.0 Å². The second kappa shape index (κ2) is 4.28. The van der Waals surface area contributed by atoms with Crippen molar-refractivity contribution in [3.05, 3.63) is 35.0 Å². The first-order valence-corrected chi connectivity index (χ1v) is 6.08. The van der Waals surface area contributed by atoms with Gasteiger partial charge in [-0.2, -0.15) is 11.8 Å². The van der Waals surface area contributed by atoms with Crippen molar-refractivity contribution >= 4 is 34.3 Å². The van der Waals surface area contributed by atoms with Gasteiger partial charge in [0.2, 0.25) is 0 Å². The van der Waals surface area contributed by atoms with Gasteiger partial charge in [-0.3, -0.25) is 0 Å². The Morgan fingerprint density at radius 1 is 1.43 bits per heavy atom. The molecule has 0 unspecified atom stereocenters. The zero-order chi connectivity index (χ0) is 9.97. The zero-order valence-electron chi connectivity index (χ0n) is 7.92. The lowest BCUT2D eigenvalue weighted by molar-refractivity contribution is 0.613. The van der Waals surface area contributed by atoms with Gasteiger partial charge in [0.25, 0.3) is 0 Å². The van der Waals surface area contributed by atoms with E-state index in [2.05, 4.69) is 13.0 Å². The number of fused-ring (bicyclic) bond motifs is 1. The molecule has 0 saturated carbocycles. The second-order valence-electron chi connectivity index (χ2n) is 3.01. The van der Waals surface area contributed by atoms with E-state index in [0.29, 0.717) is 5.02 Å². The molecular formula is C11H11ClOS. The minimum Gasteiger partial charge on any atom is -0.462 e. The summed E-state index contributed by atoms with van der Waals surface area (Å²) in [6.45, 7) is 2.15. The van der Waals surface area contributed by atoms with Gasteiger partial charge in [-0.1, -0.05) is 30.7 Å². The van der Waals surface area contributed by atoms with Gasteiger partial charge in [0.15, 0.2) is 5.58 Å². The number of hydrogen-bond acceptors (Lipinski definition) is 2. The van der Waals surface area contributed by atoms with E-state index in [0.717, 1.165) is 22.5 Å². The molecular weight excluding hydrogens is 216 g/mol. The van der Waals surface area contributed by atoms with Crippen molar-refractivity contribution in [1.82, 2.24) is 0 Å². The minimum atomic E-state index is 0.690. The van der Waals surface area contributed by atoms with E-state index in [1.165, 1.54) is 5.56 Å². The van der Waals surface area contributed by atoms with E-state index >= 15 is 0 Å². The maximum absolute atomic E-state index is 6.00. The molecule has 2 rings (SSSR count). The number of para-hydroxylation sites is 1. The van der Waals surface area contributed by atoms with E-state index in [-0.39, 0.29) is 0 Å². The molecule has 2 aromatic rings. The molecule has 0 aliphatic rings. The SMILES string of the molecule is CCSCc1coc2c(Cl)cccc12. The van der Waals surface area contributed by atoms with E-state index < -0.39 is 0 Å². The second-order valence-corrected chi connectivity index (χ2v) is 4.70. The molecule has 0 bridgehead atoms. The fourth-order valence-corrected chi connectivity index (χ4v) is 2.27. The van der Waals surface area contributed by atoms with Gasteiger partial charge in [0.05, 0.1) is 11.3 Å². The first-order chi connectivity index (χ1) is 6.83. The quantitative estimate of drug-likeness (QED) is 0.773. The van der Waals surface area contributed by atoms with Crippen LogP contribution in [-0.4, -0.2) is 5.75 Å². The molecule has 0 N–H and O–H groups in total. The molecule has 1 nitrogen and oxygen atoms in total. The van der Waals surface area contributed by atoms with Crippen molar-refractivity contribution in [1.29, 1.82) is 0 Å². The minimum absolute atomic E-state index is 0.690. The Balaban J connectivity index is 2.42. The molecule has 0 fully saturated rings. The fraction of sp³-hybridized carbons (Fsp3) is 0.273. The van der Waals surface area contributed by atoms with Crippen LogP contribution in [0.5, 0.6) is 0 Å². The zero-order valence-corrected chi connectivity index (χ0v) is 9.49. The Hall–Kier alpha value is -0.600. The molecule has 1 aromatic carbocycles. The summed E-state index contributed by atoms with van der Waals surface area (Å²) in [6, 6.07) is 5.86. The van der Waals surface area contributed by atoms with Gasteiger partial charge in [-0.05, 0) is 11.8 Å². The van der Waals surface area contributed by atoms with Crippen LogP contribution in [0.1, 0.15) is 12.5 Å². The molecule has 0 amide bonds. The number of rotatable bonds is 3. The first-order valence-electron chi connectivity index (χ1n) is 4.55. The van der Waals surface area contributed by atoms with E-state index in [1.807, 2.05) is 23.9 Å². The summed E-state index contributed by atoms with van der Waals surface area (Å²) in [5.41, 5.74) is 2.04. The van der Waals surface area contributed by atoms with Gasteiger partial charge >= 0.3 is 0 Å². The van der Waals surface area contributed by atoms with E-state index in [9.17, 15) is 0 Å². The summed E-state index contributed by atoms with van der Waals surface area (Å²) < 4.78 is 5.43. The molecule has 0 radical (unpaired) electrons. The van der Waals surface area contributed by atoms with Gasteiger partial charge in [-0.15, -0.1) is 0 Å². The average molecular weight is 227 g/mol. The van der Waals surface area contributed by atoms with Gasteiger partial charge in [-0.25, -0.2) is 0 Å². The smallest absolute Gasteiger partial charge is 0.152 e. The molecule has 1 heterocycles. The Bertz CT molecular complexity index is 436. The van der Waals surface area contributed by atoms with Crippen LogP contribution in [0, 0.1) is 0 Å². The maximum Gasteiger partial charge on any atom is 0.152 e. The standard InChI is InChI=1S/C11H11ClOS/c1-2-14-7-8-6-13-11-9(8)4-3-5-10(11)12/h3-6H,2,7H2,1H3. The van der Waals surface area contributed by atoms with E-state index in [1.54, 1.807) is 6.26 Å². The third kappa shape index (κ3) is 1.77. The van der Waals surface area contributed by atoms with Crippen LogP contribution in [0.15, 0.2) is 28.9 Å². The molecule has 74 valence electrons. The van der Waals surface area contributed by atoms with Crippen LogP contribution in [0.4, 0.5) is 0 Å². The first kappa shape index (κ1) is 9.94. The van der Waals surface area contributed by atoms with Gasteiger partial charge < -0.3 is 4.42 Å². The number of furan rings is 1. The lowest BCUT2D eigenvalue weighted by Crippen LogP contribution is -1.77. The highest BCUT2D eigenvalue weighted by Gasteiger charge is 2.07. The van der Waals surface area contributed by atoms with Crippen molar-refractivity contribution in [3.8, 4) is 0 Å². The van der Waals surface area contributed by atoms with Crippen molar-refractivity contribution in [2.75, 3.05) is 5.75 Å². The van der Waals surface area contributed by atoms with Crippen LogP contribution >= 0.6 is 23.4 Å². The van der Waals surface area contributed by atoms with Crippen LogP contribution < -0.4 is 0 Å². The monoisotopic (exact) mass is 226 g/mol. The van der Waals surface area contributed by atoms with Crippen LogP contribution in [-0.2, 0) is 5.75 Å². The Kier molecular flexibility index (Phi) is 3.04. The molecule has 0 atom stereocenters. The maximum atomic E-state index is 6.00. The summed E-state index contributed by atoms with van der Waals surface area (Å²) in [4.78, 5) is 0. The number of halogens is 1. The topological polar surface area (TPSA) is 13.1 Å². The highest BCUT2D eigenvalue weighted by atomic mass is 35.5. The Labute approximate surface area is 92.4 Å². The highest BCUT2D eigenvalue weighted by molar-refractivity contribution is 7.98. The summed E-state index contributed by atoms with van der Waals surface area (Å²) in [7, 11) is 0. The summed E-state index contributed by atoms with van der Waals surface area (Å²) in [5, 5.41) is 1.83. The molecule has 0 saturated heterocycles. The Morgan fingerprint density at radius 3 is 3.07 bits per heavy atom. The normalized spacial score (nSPS) is 11.0. The van der Waals surface area contributed by atoms with Crippen molar-refractivity contribution in [3.63, 3.8) is 0 Å². The number of benzene rings is 1. The lowest BCUT2D eigenvalue weighted by Gasteiger charge is -1.95. The molecule has 0 aliphatic heterocycles. The fourth-order valence-electron chi connectivity index (χ4n) is 1.40. The predicted octanol–water partition coefficient (Wildman–Crippen LogP) is 4.34. The Morgan fingerprint density at radius 2 is 2.29 bits per heavy atom. The summed E-state index contributed by atoms with van der Waals surface area (Å²) in [6.07, 6.45) is 1.80. The third-order valence-electron chi connectivity index (χ3n) is 2.09. The summed E-state index contributed by atoms with van der Waals surface area (Å²) in [5.74, 6) is 2.11. The summed E-state index contributed by atoms with van der Waals surface area (Å²) >= 11 is 7.89. The van der Waals surface area contributed by atoms with Crippen LogP contribution in [0.2, 0.25) is 5.02 Å². The van der Waals surface area contributed by atoms with Crippen molar-refractivity contribution < 1.29 is 4.42 Å². The number of thioether (sulfide) groups is 1. The molecule has 3 heteroatoms. The van der Waals surface area contributed by atoms with Gasteiger partial charge in [0, 0.05) is 16.7 Å². The van der Waals surface area contributed by atoms with Crippen molar-refractivity contribution in [2.45, 2.75) is 12.7 Å². The molecule has 0 aliphatic carbocycles. The average Bonchev–Trinajstić information content (AvgIpc) is 2.60. The molecule has 14 heavy (non-hydrogen) atoms. The lowest BCUT2D eigenvalue weighted by atomic mass is 10.2. The van der Waals surface area contributed by atoms with Crippen LogP contribution in [0.3, 0.4) is 0 Å². The largest absolute Gasteiger partial charge is 0.462 e. The van der Waals surface area contributed by atoms with Gasteiger partial charge in [0.1, 0.15) is 0 Å². The molecule has 1 aromatic heterocycles. The highest BCUT2D eigenvalue weighted by Crippen LogP contribution is 2.29. The van der Waals surface area contributed by atoms with E-state index in [4.69, 9.17) is 16.0 Å². The number of hydrogen-bond donors (Lipinski definition) is 0. The van der Waals surface area contributed by atoms with Crippen molar-refractivity contribution in [2.24, 2.45) is 0 Å².